The van der Waals surface area contributed by atoms with Crippen LogP contribution in [0.15, 0.2) is 60.2 Å². The lowest BCUT2D eigenvalue weighted by molar-refractivity contribution is -0.132. The van der Waals surface area contributed by atoms with Crippen LogP contribution in [0.5, 0.6) is 5.75 Å². The number of aromatic nitrogens is 1. The summed E-state index contributed by atoms with van der Waals surface area (Å²) in [5.74, 6) is -0.835. The summed E-state index contributed by atoms with van der Waals surface area (Å²) < 4.78 is 6.77. The number of nitrogens with zero attached hydrogens (tertiary/aromatic N) is 2. The fraction of sp³-hybridized carbons (Fsp3) is 0.303. The lowest BCUT2D eigenvalue weighted by atomic mass is 9.85. The number of aryl methyl sites for hydroxylation is 2. The molecular weight excluding hydrogens is 520 g/mol. The Morgan fingerprint density at radius 2 is 1.77 bits per heavy atom. The van der Waals surface area contributed by atoms with E-state index < -0.39 is 17.7 Å². The maximum Gasteiger partial charge on any atom is 0.301 e. The fourth-order valence-electron chi connectivity index (χ4n) is 5.70. The largest absolute Gasteiger partial charge is 0.507 e. The zero-order valence-electron chi connectivity index (χ0n) is 23.5. The van der Waals surface area contributed by atoms with E-state index in [1.807, 2.05) is 63.2 Å². The summed E-state index contributed by atoms with van der Waals surface area (Å²) in [5, 5.41) is 12.1. The molecule has 2 atom stereocenters. The van der Waals surface area contributed by atoms with Gasteiger partial charge in [-0.3, -0.25) is 14.5 Å². The molecule has 0 unspecified atom stereocenters. The lowest BCUT2D eigenvalue weighted by Gasteiger charge is -2.24. The molecule has 6 nitrogen and oxygen atoms in total. The van der Waals surface area contributed by atoms with Crippen LogP contribution in [0.2, 0.25) is 0 Å². The molecule has 0 saturated carbocycles. The summed E-state index contributed by atoms with van der Waals surface area (Å²) in [4.78, 5) is 33.7. The summed E-state index contributed by atoms with van der Waals surface area (Å²) in [6.45, 7) is 12.4. The Bertz CT molecular complexity index is 1730. The molecule has 1 amide bonds. The van der Waals surface area contributed by atoms with Crippen molar-refractivity contribution in [3.63, 3.8) is 0 Å². The summed E-state index contributed by atoms with van der Waals surface area (Å²) in [7, 11) is 0. The molecule has 2 aliphatic rings. The van der Waals surface area contributed by atoms with Crippen molar-refractivity contribution >= 4 is 44.1 Å². The molecule has 1 aromatic heterocycles. The number of Topliss-reactive ketones (excluding diaryl/α,β-unsaturated/α-hetero) is 1. The Kier molecular flexibility index (Phi) is 6.11. The number of hydrogen-bond donors (Lipinski definition) is 1. The summed E-state index contributed by atoms with van der Waals surface area (Å²) in [6, 6.07) is 16.6. The number of ketones is 1. The fourth-order valence-corrected chi connectivity index (χ4v) is 6.87. The van der Waals surface area contributed by atoms with Crippen LogP contribution < -0.4 is 9.64 Å². The van der Waals surface area contributed by atoms with Crippen molar-refractivity contribution in [2.24, 2.45) is 0 Å². The van der Waals surface area contributed by atoms with Crippen molar-refractivity contribution in [1.82, 2.24) is 4.98 Å². The first kappa shape index (κ1) is 26.3. The molecule has 3 aromatic carbocycles. The van der Waals surface area contributed by atoms with E-state index in [1.54, 1.807) is 6.07 Å². The molecule has 2 aliphatic heterocycles. The van der Waals surface area contributed by atoms with Gasteiger partial charge in [-0.2, -0.15) is 0 Å². The van der Waals surface area contributed by atoms with Crippen LogP contribution in [0.3, 0.4) is 0 Å². The minimum atomic E-state index is -0.820. The van der Waals surface area contributed by atoms with Gasteiger partial charge in [-0.1, -0.05) is 62.4 Å². The summed E-state index contributed by atoms with van der Waals surface area (Å²) in [5.41, 5.74) is 6.24. The van der Waals surface area contributed by atoms with E-state index in [1.165, 1.54) is 16.2 Å². The number of amides is 1. The normalized spacial score (nSPS) is 20.3. The van der Waals surface area contributed by atoms with Crippen LogP contribution >= 0.6 is 11.3 Å². The molecule has 1 N–H and O–H groups in total. The highest BCUT2D eigenvalue weighted by atomic mass is 32.1. The maximum atomic E-state index is 13.7. The number of aliphatic hydroxyl groups excluding tert-OH is 1. The van der Waals surface area contributed by atoms with Crippen molar-refractivity contribution in [1.29, 1.82) is 0 Å². The van der Waals surface area contributed by atoms with Gasteiger partial charge in [0.25, 0.3) is 5.78 Å². The molecule has 0 spiro atoms. The van der Waals surface area contributed by atoms with Crippen LogP contribution in [-0.4, -0.2) is 27.9 Å². The third-order valence-corrected chi connectivity index (χ3v) is 8.73. The monoisotopic (exact) mass is 552 g/mol. The minimum absolute atomic E-state index is 0.0467. The molecular formula is C33H32N2O4S. The summed E-state index contributed by atoms with van der Waals surface area (Å²) in [6.07, 6.45) is 0.762. The standard InChI is InChI=1S/C33H32N2O4S/c1-17-13-18(2)27-25(14-17)40-32(34-27)35-28(20-7-10-23(11-8-20)33(4,5)6)26(30(37)31(35)38)29(36)21-9-12-24-22(16-21)15-19(3)39-24/h7-14,16,19,28,36H,15H2,1-6H3/t19-,28-/m0/s1. The van der Waals surface area contributed by atoms with Gasteiger partial charge in [0.05, 0.1) is 21.8 Å². The predicted molar refractivity (Wildman–Crippen MR) is 159 cm³/mol. The van der Waals surface area contributed by atoms with Gasteiger partial charge in [0.2, 0.25) is 0 Å². The van der Waals surface area contributed by atoms with E-state index in [0.29, 0.717) is 17.1 Å². The van der Waals surface area contributed by atoms with Gasteiger partial charge in [0, 0.05) is 12.0 Å². The maximum absolute atomic E-state index is 13.7. The number of fused-ring (bicyclic) bond motifs is 2. The molecule has 1 fully saturated rings. The SMILES string of the molecule is Cc1cc(C)c2nc(N3C(=O)C(=O)C(=C(O)c4ccc5c(c4)C[C@H](C)O5)[C@@H]3c3ccc(C(C)(C)C)cc3)sc2c1. The highest BCUT2D eigenvalue weighted by Crippen LogP contribution is 2.45. The molecule has 0 bridgehead atoms. The van der Waals surface area contributed by atoms with E-state index in [2.05, 4.69) is 26.8 Å². The number of hydrogen-bond acceptors (Lipinski definition) is 6. The number of aliphatic hydroxyl groups is 1. The van der Waals surface area contributed by atoms with Crippen molar-refractivity contribution in [2.45, 2.75) is 65.5 Å². The van der Waals surface area contributed by atoms with E-state index >= 15 is 0 Å². The van der Waals surface area contributed by atoms with Crippen LogP contribution in [-0.2, 0) is 21.4 Å². The third kappa shape index (κ3) is 4.29. The number of carbonyl (C=O) groups excluding carboxylic acids is 2. The Morgan fingerprint density at radius 3 is 2.48 bits per heavy atom. The van der Waals surface area contributed by atoms with Crippen molar-refractivity contribution in [2.75, 3.05) is 4.90 Å². The first-order chi connectivity index (χ1) is 18.9. The number of carbonyl (C=O) groups is 2. The lowest BCUT2D eigenvalue weighted by Crippen LogP contribution is -2.29. The first-order valence-electron chi connectivity index (χ1n) is 13.5. The van der Waals surface area contributed by atoms with Crippen molar-refractivity contribution in [3.05, 3.63) is 93.6 Å². The quantitative estimate of drug-likeness (QED) is 0.166. The Balaban J connectivity index is 1.54. The molecule has 204 valence electrons. The Morgan fingerprint density at radius 1 is 1.05 bits per heavy atom. The Hall–Kier alpha value is -3.97. The molecule has 4 aromatic rings. The van der Waals surface area contributed by atoms with Gasteiger partial charge in [-0.25, -0.2) is 4.98 Å². The second-order valence-electron chi connectivity index (χ2n) is 11.9. The van der Waals surface area contributed by atoms with Crippen LogP contribution in [0.1, 0.15) is 67.1 Å². The van der Waals surface area contributed by atoms with Gasteiger partial charge in [0.1, 0.15) is 17.6 Å². The highest BCUT2D eigenvalue weighted by Gasteiger charge is 2.48. The number of rotatable bonds is 3. The number of benzene rings is 3. The molecule has 3 heterocycles. The zero-order valence-corrected chi connectivity index (χ0v) is 24.3. The van der Waals surface area contributed by atoms with Gasteiger partial charge in [-0.15, -0.1) is 0 Å². The van der Waals surface area contributed by atoms with E-state index in [4.69, 9.17) is 9.72 Å². The summed E-state index contributed by atoms with van der Waals surface area (Å²) >= 11 is 1.38. The minimum Gasteiger partial charge on any atom is -0.507 e. The van der Waals surface area contributed by atoms with Crippen molar-refractivity contribution in [3.8, 4) is 5.75 Å². The zero-order chi connectivity index (χ0) is 28.5. The second-order valence-corrected chi connectivity index (χ2v) is 12.9. The second kappa shape index (κ2) is 9.30. The molecule has 1 saturated heterocycles. The van der Waals surface area contributed by atoms with Gasteiger partial charge < -0.3 is 9.84 Å². The highest BCUT2D eigenvalue weighted by molar-refractivity contribution is 7.22. The van der Waals surface area contributed by atoms with Crippen LogP contribution in [0, 0.1) is 13.8 Å². The topological polar surface area (TPSA) is 79.7 Å². The molecule has 0 aliphatic carbocycles. The Labute approximate surface area is 237 Å². The molecule has 40 heavy (non-hydrogen) atoms. The van der Waals surface area contributed by atoms with Crippen LogP contribution in [0.25, 0.3) is 16.0 Å². The van der Waals surface area contributed by atoms with Crippen LogP contribution in [0.4, 0.5) is 5.13 Å². The third-order valence-electron chi connectivity index (χ3n) is 7.73. The molecule has 0 radical (unpaired) electrons. The first-order valence-corrected chi connectivity index (χ1v) is 14.3. The predicted octanol–water partition coefficient (Wildman–Crippen LogP) is 7.16. The smallest absolute Gasteiger partial charge is 0.301 e. The average Bonchev–Trinajstić information content (AvgIpc) is 3.56. The number of anilines is 1. The molecule has 6 rings (SSSR count). The molecule has 7 heteroatoms. The van der Waals surface area contributed by atoms with Gasteiger partial charge in [-0.05, 0) is 78.3 Å². The van der Waals surface area contributed by atoms with E-state index in [-0.39, 0.29) is 22.9 Å². The van der Waals surface area contributed by atoms with Gasteiger partial charge >= 0.3 is 5.91 Å². The number of thiazole rings is 1. The van der Waals surface area contributed by atoms with Crippen molar-refractivity contribution < 1.29 is 19.4 Å². The van der Waals surface area contributed by atoms with E-state index in [9.17, 15) is 14.7 Å². The average molecular weight is 553 g/mol. The van der Waals surface area contributed by atoms with E-state index in [0.717, 1.165) is 43.8 Å². The number of ether oxygens (including phenoxy) is 1. The van der Waals surface area contributed by atoms with Gasteiger partial charge in [0.15, 0.2) is 5.13 Å².